The van der Waals surface area contributed by atoms with Gasteiger partial charge in [0.2, 0.25) is 0 Å². The summed E-state index contributed by atoms with van der Waals surface area (Å²) in [7, 11) is 0. The van der Waals surface area contributed by atoms with Crippen LogP contribution in [-0.4, -0.2) is 0 Å². The van der Waals surface area contributed by atoms with E-state index < -0.39 is 5.54 Å². The molecule has 0 spiro atoms. The van der Waals surface area contributed by atoms with Gasteiger partial charge in [-0.05, 0) is 47.3 Å². The van der Waals surface area contributed by atoms with Gasteiger partial charge in [-0.3, -0.25) is 0 Å². The van der Waals surface area contributed by atoms with Crippen molar-refractivity contribution in [3.8, 4) is 0 Å². The van der Waals surface area contributed by atoms with E-state index in [0.717, 1.165) is 0 Å². The van der Waals surface area contributed by atoms with Crippen molar-refractivity contribution in [2.24, 2.45) is 5.11 Å². The minimum Gasteiger partial charge on any atom is -0.207 e. The molecule has 0 N–H and O–H groups in total. The van der Waals surface area contributed by atoms with Gasteiger partial charge in [0.1, 0.15) is 11.6 Å². The molecule has 0 fully saturated rings. The first-order valence-electron chi connectivity index (χ1n) is 6.20. The molecule has 0 saturated carbocycles. The van der Waals surface area contributed by atoms with Crippen molar-refractivity contribution in [1.29, 1.82) is 0 Å². The van der Waals surface area contributed by atoms with Crippen LogP contribution in [0.2, 0.25) is 0 Å². The van der Waals surface area contributed by atoms with Crippen LogP contribution in [0.25, 0.3) is 10.4 Å². The quantitative estimate of drug-likeness (QED) is 0.431. The highest BCUT2D eigenvalue weighted by atomic mass is 19.1. The minimum atomic E-state index is -0.962. The summed E-state index contributed by atoms with van der Waals surface area (Å²) in [4.78, 5) is 2.91. The zero-order valence-corrected chi connectivity index (χ0v) is 10.9. The Bertz CT molecular complexity index is 584. The van der Waals surface area contributed by atoms with Gasteiger partial charge in [-0.2, -0.15) is 0 Å². The van der Waals surface area contributed by atoms with E-state index in [1.165, 1.54) is 24.3 Å². The highest BCUT2D eigenvalue weighted by Gasteiger charge is 2.31. The molecule has 20 heavy (non-hydrogen) atoms. The third-order valence-corrected chi connectivity index (χ3v) is 3.37. The number of hydrogen-bond acceptors (Lipinski definition) is 1. The van der Waals surface area contributed by atoms with Crippen LogP contribution in [-0.2, 0) is 5.54 Å². The van der Waals surface area contributed by atoms with Crippen molar-refractivity contribution < 1.29 is 8.78 Å². The van der Waals surface area contributed by atoms with Crippen LogP contribution < -0.4 is 0 Å². The molecule has 0 saturated heterocycles. The van der Waals surface area contributed by atoms with E-state index in [-0.39, 0.29) is 11.6 Å². The van der Waals surface area contributed by atoms with Crippen LogP contribution in [0.4, 0.5) is 8.78 Å². The molecule has 0 amide bonds. The van der Waals surface area contributed by atoms with E-state index >= 15 is 0 Å². The summed E-state index contributed by atoms with van der Waals surface area (Å²) in [6, 6.07) is 11.6. The molecule has 3 nitrogen and oxygen atoms in total. The average molecular weight is 273 g/mol. The molecule has 102 valence electrons. The maximum Gasteiger partial charge on any atom is 0.123 e. The molecule has 2 rings (SSSR count). The van der Waals surface area contributed by atoms with Crippen LogP contribution in [0.15, 0.2) is 53.6 Å². The summed E-state index contributed by atoms with van der Waals surface area (Å²) in [5.41, 5.74) is 9.26. The van der Waals surface area contributed by atoms with E-state index in [4.69, 9.17) is 5.53 Å². The summed E-state index contributed by atoms with van der Waals surface area (Å²) < 4.78 is 26.1. The predicted octanol–water partition coefficient (Wildman–Crippen LogP) is 4.93. The van der Waals surface area contributed by atoms with Gasteiger partial charge in [-0.25, -0.2) is 8.78 Å². The number of benzene rings is 2. The molecule has 5 heteroatoms. The Balaban J connectivity index is 2.63. The lowest BCUT2D eigenvalue weighted by molar-refractivity contribution is 0.512. The van der Waals surface area contributed by atoms with Gasteiger partial charge >= 0.3 is 0 Å². The Labute approximate surface area is 115 Å². The highest BCUT2D eigenvalue weighted by molar-refractivity contribution is 5.38. The molecule has 2 aromatic rings. The highest BCUT2D eigenvalue weighted by Crippen LogP contribution is 2.37. The fourth-order valence-corrected chi connectivity index (χ4v) is 2.29. The maximum atomic E-state index is 13.1. The number of halogens is 2. The monoisotopic (exact) mass is 273 g/mol. The summed E-state index contributed by atoms with van der Waals surface area (Å²) >= 11 is 0. The normalized spacial score (nSPS) is 10.9. The SMILES string of the molecule is CCC(N=[N+]=[N-])(c1ccc(F)cc1)c1ccc(F)cc1. The van der Waals surface area contributed by atoms with E-state index in [2.05, 4.69) is 10.0 Å². The van der Waals surface area contributed by atoms with Gasteiger partial charge < -0.3 is 0 Å². The van der Waals surface area contributed by atoms with Gasteiger partial charge in [0.15, 0.2) is 0 Å². The third kappa shape index (κ3) is 2.49. The first kappa shape index (κ1) is 14.0. The van der Waals surface area contributed by atoms with Gasteiger partial charge in [-0.1, -0.05) is 36.3 Å². The molecule has 0 aliphatic heterocycles. The summed E-state index contributed by atoms with van der Waals surface area (Å²) in [6.45, 7) is 1.86. The average Bonchev–Trinajstić information content (AvgIpc) is 2.47. The molecule has 0 aliphatic rings. The lowest BCUT2D eigenvalue weighted by Crippen LogP contribution is -2.23. The topological polar surface area (TPSA) is 48.8 Å². The second-order valence-electron chi connectivity index (χ2n) is 4.42. The fraction of sp³-hybridized carbons (Fsp3) is 0.200. The summed E-state index contributed by atoms with van der Waals surface area (Å²) in [5.74, 6) is -0.724. The molecular weight excluding hydrogens is 260 g/mol. The molecule has 0 aromatic heterocycles. The van der Waals surface area contributed by atoms with Crippen molar-refractivity contribution >= 4 is 0 Å². The maximum absolute atomic E-state index is 13.1. The lowest BCUT2D eigenvalue weighted by Gasteiger charge is -2.28. The molecule has 2 aromatic carbocycles. The first-order chi connectivity index (χ1) is 9.62. The predicted molar refractivity (Wildman–Crippen MR) is 73.0 cm³/mol. The second kappa shape index (κ2) is 5.72. The van der Waals surface area contributed by atoms with Gasteiger partial charge in [0.05, 0.1) is 5.54 Å². The van der Waals surface area contributed by atoms with Crippen LogP contribution in [0, 0.1) is 11.6 Å². The van der Waals surface area contributed by atoms with Crippen molar-refractivity contribution in [1.82, 2.24) is 0 Å². The number of azide groups is 1. The Morgan fingerprint density at radius 1 is 0.950 bits per heavy atom. The standard InChI is InChI=1S/C15H13F2N3/c1-2-15(19-20-18,11-3-7-13(16)8-4-11)12-5-9-14(17)10-6-12/h3-10H,2H2,1H3. The van der Waals surface area contributed by atoms with Gasteiger partial charge in [-0.15, -0.1) is 0 Å². The fourth-order valence-electron chi connectivity index (χ4n) is 2.29. The number of rotatable bonds is 4. The van der Waals surface area contributed by atoms with Crippen LogP contribution in [0.1, 0.15) is 24.5 Å². The van der Waals surface area contributed by atoms with Crippen LogP contribution >= 0.6 is 0 Å². The number of nitrogens with zero attached hydrogens (tertiary/aromatic N) is 3. The summed E-state index contributed by atoms with van der Waals surface area (Å²) in [5, 5.41) is 3.91. The second-order valence-corrected chi connectivity index (χ2v) is 4.42. The minimum absolute atomic E-state index is 0.362. The Morgan fingerprint density at radius 2 is 1.35 bits per heavy atom. The van der Waals surface area contributed by atoms with Gasteiger partial charge in [0, 0.05) is 4.91 Å². The van der Waals surface area contributed by atoms with E-state index in [0.29, 0.717) is 17.5 Å². The lowest BCUT2D eigenvalue weighted by atomic mass is 9.81. The van der Waals surface area contributed by atoms with Crippen molar-refractivity contribution in [3.63, 3.8) is 0 Å². The molecule has 0 radical (unpaired) electrons. The molecule has 0 unspecified atom stereocenters. The van der Waals surface area contributed by atoms with Crippen LogP contribution in [0.5, 0.6) is 0 Å². The largest absolute Gasteiger partial charge is 0.207 e. The molecule has 0 bridgehead atoms. The van der Waals surface area contributed by atoms with E-state index in [1.807, 2.05) is 6.92 Å². The van der Waals surface area contributed by atoms with E-state index in [9.17, 15) is 8.78 Å². The Kier molecular flexibility index (Phi) is 4.01. The van der Waals surface area contributed by atoms with Crippen LogP contribution in [0.3, 0.4) is 0 Å². The Morgan fingerprint density at radius 3 is 1.65 bits per heavy atom. The smallest absolute Gasteiger partial charge is 0.123 e. The Hall–Kier alpha value is -2.39. The third-order valence-electron chi connectivity index (χ3n) is 3.37. The first-order valence-corrected chi connectivity index (χ1v) is 6.20. The van der Waals surface area contributed by atoms with Crippen molar-refractivity contribution in [2.75, 3.05) is 0 Å². The molecule has 0 atom stereocenters. The molecule has 0 aliphatic carbocycles. The van der Waals surface area contributed by atoms with Gasteiger partial charge in [0.25, 0.3) is 0 Å². The zero-order valence-electron chi connectivity index (χ0n) is 10.9. The zero-order chi connectivity index (χ0) is 14.6. The van der Waals surface area contributed by atoms with Crippen molar-refractivity contribution in [3.05, 3.63) is 81.7 Å². The molecule has 0 heterocycles. The molecular formula is C15H13F2N3. The van der Waals surface area contributed by atoms with E-state index in [1.54, 1.807) is 24.3 Å². The summed E-state index contributed by atoms with van der Waals surface area (Å²) in [6.07, 6.45) is 0.480. The number of hydrogen-bond donors (Lipinski definition) is 0. The van der Waals surface area contributed by atoms with Crippen molar-refractivity contribution in [2.45, 2.75) is 18.9 Å².